The molecule has 1 heterocycles. The van der Waals surface area contributed by atoms with Gasteiger partial charge in [0, 0.05) is 7.05 Å². The van der Waals surface area contributed by atoms with E-state index < -0.39 is 0 Å². The molecule has 16 heavy (non-hydrogen) atoms. The lowest BCUT2D eigenvalue weighted by Gasteiger charge is -2.31. The van der Waals surface area contributed by atoms with E-state index in [1.54, 1.807) is 0 Å². The first-order valence-corrected chi connectivity index (χ1v) is 6.07. The van der Waals surface area contributed by atoms with Crippen molar-refractivity contribution >= 4 is 0 Å². The standard InChI is InChI=1S/C13H21N3/c1-8(2)10-6-11(9(3)4)13-12(7-10)14-15-16(13)5/h6-9,12-13H,1-5H3. The molecule has 0 saturated carbocycles. The molecule has 1 aliphatic carbocycles. The van der Waals surface area contributed by atoms with E-state index in [0.717, 1.165) is 0 Å². The molecule has 0 bridgehead atoms. The second kappa shape index (κ2) is 4.04. The Bertz CT molecular complexity index is 363. The van der Waals surface area contributed by atoms with E-state index in [1.807, 2.05) is 12.1 Å². The van der Waals surface area contributed by atoms with Crippen molar-refractivity contribution in [1.82, 2.24) is 5.01 Å². The summed E-state index contributed by atoms with van der Waals surface area (Å²) in [5, 5.41) is 10.5. The van der Waals surface area contributed by atoms with E-state index in [1.165, 1.54) is 11.1 Å². The van der Waals surface area contributed by atoms with Crippen LogP contribution in [0.15, 0.2) is 33.6 Å². The van der Waals surface area contributed by atoms with Crippen molar-refractivity contribution in [2.75, 3.05) is 7.05 Å². The van der Waals surface area contributed by atoms with Gasteiger partial charge in [0.05, 0.1) is 6.04 Å². The second-order valence-electron chi connectivity index (χ2n) is 5.33. The molecule has 0 radical (unpaired) electrons. The van der Waals surface area contributed by atoms with Gasteiger partial charge in [-0.1, -0.05) is 45.1 Å². The summed E-state index contributed by atoms with van der Waals surface area (Å²) in [5.41, 5.74) is 2.86. The lowest BCUT2D eigenvalue weighted by atomic mass is 9.82. The molecule has 0 saturated heterocycles. The number of fused-ring (bicyclic) bond motifs is 1. The molecule has 88 valence electrons. The van der Waals surface area contributed by atoms with Gasteiger partial charge in [0.2, 0.25) is 0 Å². The molecule has 2 rings (SSSR count). The van der Waals surface area contributed by atoms with Gasteiger partial charge in [-0.05, 0) is 23.0 Å². The highest BCUT2D eigenvalue weighted by Crippen LogP contribution is 2.34. The topological polar surface area (TPSA) is 28.0 Å². The van der Waals surface area contributed by atoms with Crippen molar-refractivity contribution in [3.8, 4) is 0 Å². The van der Waals surface area contributed by atoms with Crippen LogP contribution in [0.1, 0.15) is 27.7 Å². The quantitative estimate of drug-likeness (QED) is 0.701. The van der Waals surface area contributed by atoms with Gasteiger partial charge in [-0.15, -0.1) is 0 Å². The first-order chi connectivity index (χ1) is 7.50. The summed E-state index contributed by atoms with van der Waals surface area (Å²) >= 11 is 0. The molecule has 0 aromatic rings. The molecule has 0 N–H and O–H groups in total. The third-order valence-corrected chi connectivity index (χ3v) is 3.42. The Morgan fingerprint density at radius 3 is 2.44 bits per heavy atom. The number of hydrogen-bond acceptors (Lipinski definition) is 3. The van der Waals surface area contributed by atoms with E-state index in [0.29, 0.717) is 17.9 Å². The molecule has 3 nitrogen and oxygen atoms in total. The minimum atomic E-state index is 0.227. The molecule has 0 aromatic heterocycles. The van der Waals surface area contributed by atoms with E-state index in [-0.39, 0.29) is 6.04 Å². The molecule has 1 aliphatic heterocycles. The average molecular weight is 219 g/mol. The lowest BCUT2D eigenvalue weighted by molar-refractivity contribution is 0.297. The number of rotatable bonds is 2. The summed E-state index contributed by atoms with van der Waals surface area (Å²) in [6.07, 6.45) is 4.62. The van der Waals surface area contributed by atoms with Gasteiger partial charge in [-0.25, -0.2) is 0 Å². The van der Waals surface area contributed by atoms with E-state index >= 15 is 0 Å². The molecule has 0 spiro atoms. The van der Waals surface area contributed by atoms with Crippen LogP contribution in [0.5, 0.6) is 0 Å². The van der Waals surface area contributed by atoms with Gasteiger partial charge in [0.15, 0.2) is 0 Å². The molecule has 0 aromatic carbocycles. The van der Waals surface area contributed by atoms with Crippen LogP contribution < -0.4 is 0 Å². The average Bonchev–Trinajstić information content (AvgIpc) is 2.59. The monoisotopic (exact) mass is 219 g/mol. The normalized spacial score (nSPS) is 28.6. The number of nitrogens with zero attached hydrogens (tertiary/aromatic N) is 3. The Morgan fingerprint density at radius 1 is 1.19 bits per heavy atom. The highest BCUT2D eigenvalue weighted by molar-refractivity contribution is 5.38. The van der Waals surface area contributed by atoms with Crippen molar-refractivity contribution in [2.45, 2.75) is 39.8 Å². The Balaban J connectivity index is 2.37. The van der Waals surface area contributed by atoms with Gasteiger partial charge in [-0.2, -0.15) is 5.11 Å². The summed E-state index contributed by atoms with van der Waals surface area (Å²) < 4.78 is 0. The Kier molecular flexibility index (Phi) is 2.87. The molecular formula is C13H21N3. The number of likely N-dealkylation sites (N-methyl/N-ethyl adjacent to an activating group) is 1. The molecule has 0 amide bonds. The van der Waals surface area contributed by atoms with Crippen LogP contribution in [0.4, 0.5) is 0 Å². The van der Waals surface area contributed by atoms with E-state index in [9.17, 15) is 0 Å². The van der Waals surface area contributed by atoms with Crippen molar-refractivity contribution in [2.24, 2.45) is 22.2 Å². The maximum Gasteiger partial charge on any atom is 0.117 e. The zero-order chi connectivity index (χ0) is 11.9. The third kappa shape index (κ3) is 1.79. The molecule has 2 unspecified atom stereocenters. The van der Waals surface area contributed by atoms with Crippen LogP contribution in [0.2, 0.25) is 0 Å². The van der Waals surface area contributed by atoms with Gasteiger partial charge >= 0.3 is 0 Å². The van der Waals surface area contributed by atoms with Crippen LogP contribution in [0, 0.1) is 11.8 Å². The number of hydrogen-bond donors (Lipinski definition) is 0. The molecule has 0 fully saturated rings. The summed E-state index contributed by atoms with van der Waals surface area (Å²) in [6, 6.07) is 0.576. The molecule has 2 aliphatic rings. The van der Waals surface area contributed by atoms with Crippen LogP contribution in [-0.2, 0) is 0 Å². The minimum absolute atomic E-state index is 0.227. The highest BCUT2D eigenvalue weighted by Gasteiger charge is 2.36. The predicted octanol–water partition coefficient (Wildman–Crippen LogP) is 3.21. The Morgan fingerprint density at radius 2 is 1.88 bits per heavy atom. The van der Waals surface area contributed by atoms with Crippen LogP contribution in [0.25, 0.3) is 0 Å². The first kappa shape index (κ1) is 11.4. The summed E-state index contributed by atoms with van der Waals surface area (Å²) in [5.74, 6) is 1.12. The van der Waals surface area contributed by atoms with Crippen LogP contribution >= 0.6 is 0 Å². The van der Waals surface area contributed by atoms with Crippen molar-refractivity contribution in [3.05, 3.63) is 23.3 Å². The lowest BCUT2D eigenvalue weighted by Crippen LogP contribution is -2.37. The van der Waals surface area contributed by atoms with Gasteiger partial charge in [0.1, 0.15) is 6.04 Å². The summed E-state index contributed by atoms with van der Waals surface area (Å²) in [7, 11) is 2.01. The Labute approximate surface area is 97.9 Å². The Hall–Kier alpha value is -1.12. The maximum atomic E-state index is 4.34. The smallest absolute Gasteiger partial charge is 0.117 e. The SMILES string of the molecule is CC(C)C1=CC2N=NN(C)C2C(C(C)C)=C1. The summed E-state index contributed by atoms with van der Waals surface area (Å²) in [6.45, 7) is 8.96. The zero-order valence-corrected chi connectivity index (χ0v) is 10.8. The number of allylic oxidation sites excluding steroid dienone is 2. The van der Waals surface area contributed by atoms with Gasteiger partial charge < -0.3 is 0 Å². The highest BCUT2D eigenvalue weighted by atomic mass is 15.6. The van der Waals surface area contributed by atoms with E-state index in [4.69, 9.17) is 0 Å². The van der Waals surface area contributed by atoms with Crippen LogP contribution in [-0.4, -0.2) is 24.1 Å². The fraction of sp³-hybridized carbons (Fsp3) is 0.692. The van der Waals surface area contributed by atoms with Gasteiger partial charge in [0.25, 0.3) is 0 Å². The molecule has 2 atom stereocenters. The fourth-order valence-electron chi connectivity index (χ4n) is 2.41. The zero-order valence-electron chi connectivity index (χ0n) is 10.8. The van der Waals surface area contributed by atoms with Crippen molar-refractivity contribution < 1.29 is 0 Å². The van der Waals surface area contributed by atoms with Gasteiger partial charge in [-0.3, -0.25) is 5.01 Å². The van der Waals surface area contributed by atoms with Crippen molar-refractivity contribution in [1.29, 1.82) is 0 Å². The van der Waals surface area contributed by atoms with Crippen LogP contribution in [0.3, 0.4) is 0 Å². The third-order valence-electron chi connectivity index (χ3n) is 3.42. The second-order valence-corrected chi connectivity index (χ2v) is 5.33. The first-order valence-electron chi connectivity index (χ1n) is 6.07. The summed E-state index contributed by atoms with van der Waals surface area (Å²) in [4.78, 5) is 0. The predicted molar refractivity (Wildman–Crippen MR) is 66.0 cm³/mol. The largest absolute Gasteiger partial charge is 0.272 e. The molecular weight excluding hydrogens is 198 g/mol. The van der Waals surface area contributed by atoms with Crippen molar-refractivity contribution in [3.63, 3.8) is 0 Å². The minimum Gasteiger partial charge on any atom is -0.272 e. The maximum absolute atomic E-state index is 4.34. The van der Waals surface area contributed by atoms with E-state index in [2.05, 4.69) is 50.2 Å². The fourth-order valence-corrected chi connectivity index (χ4v) is 2.41. The molecule has 3 heteroatoms.